The molecular weight excluding hydrogens is 1100 g/mol. The minimum Gasteiger partial charge on any atom is -0.393 e. The van der Waals surface area contributed by atoms with Gasteiger partial charge in [0.1, 0.15) is 18.2 Å². The number of carbonyl (C=O) groups is 7. The molecule has 3 N–H and O–H groups in total. The Balaban J connectivity index is 0.612. The number of nitrogens with one attached hydrogen (secondary N) is 1. The summed E-state index contributed by atoms with van der Waals surface area (Å²) in [5.74, 6) is 4.12. The lowest BCUT2D eigenvalue weighted by atomic mass is 9.46. The number of hydrogen-bond donors (Lipinski definition) is 3. The molecule has 3 aromatic carbocycles. The van der Waals surface area contributed by atoms with Crippen LogP contribution < -0.4 is 10.2 Å². The molecule has 2 heterocycles. The number of amides is 2. The normalized spacial score (nSPS) is 26.7. The fraction of sp³-hybridized carbons (Fsp3) is 0.551. The smallest absolute Gasteiger partial charge is 0.227 e. The first-order valence-electron chi connectivity index (χ1n) is 30.7. The molecular formula is C69H84N2O15. The Morgan fingerprint density at radius 2 is 1.45 bits per heavy atom. The van der Waals surface area contributed by atoms with Crippen molar-refractivity contribution in [1.29, 1.82) is 0 Å². The second kappa shape index (κ2) is 28.7. The molecule has 3 saturated carbocycles. The van der Waals surface area contributed by atoms with Crippen LogP contribution in [0.3, 0.4) is 0 Å². The molecule has 11 atom stereocenters. The lowest BCUT2D eigenvalue weighted by Crippen LogP contribution is -2.63. The quantitative estimate of drug-likeness (QED) is 0.0430. The van der Waals surface area contributed by atoms with Crippen LogP contribution in [0.1, 0.15) is 133 Å². The lowest BCUT2D eigenvalue weighted by Gasteiger charge is -2.59. The number of hydrogen-bond acceptors (Lipinski definition) is 15. The van der Waals surface area contributed by atoms with Crippen LogP contribution in [0.2, 0.25) is 0 Å². The van der Waals surface area contributed by atoms with E-state index in [1.807, 2.05) is 75.4 Å². The first-order chi connectivity index (χ1) is 41.4. The minimum absolute atomic E-state index is 0.00697. The van der Waals surface area contributed by atoms with E-state index in [9.17, 15) is 43.8 Å². The summed E-state index contributed by atoms with van der Waals surface area (Å²) < 4.78 is 35.8. The van der Waals surface area contributed by atoms with Gasteiger partial charge in [0.15, 0.2) is 29.2 Å². The van der Waals surface area contributed by atoms with Crippen molar-refractivity contribution in [2.45, 2.75) is 142 Å². The Morgan fingerprint density at radius 1 is 0.791 bits per heavy atom. The summed E-state index contributed by atoms with van der Waals surface area (Å²) in [7, 11) is 0. The third-order valence-corrected chi connectivity index (χ3v) is 19.0. The van der Waals surface area contributed by atoms with E-state index >= 15 is 0 Å². The lowest BCUT2D eigenvalue weighted by molar-refractivity contribution is -0.201. The largest absolute Gasteiger partial charge is 0.393 e. The van der Waals surface area contributed by atoms with Crippen molar-refractivity contribution in [1.82, 2.24) is 5.32 Å². The summed E-state index contributed by atoms with van der Waals surface area (Å²) in [6.07, 6.45) is 6.44. The van der Waals surface area contributed by atoms with Gasteiger partial charge in [-0.3, -0.25) is 33.6 Å². The maximum Gasteiger partial charge on any atom is 0.227 e. The van der Waals surface area contributed by atoms with Crippen molar-refractivity contribution in [2.75, 3.05) is 64.4 Å². The Labute approximate surface area is 504 Å². The van der Waals surface area contributed by atoms with Gasteiger partial charge in [-0.15, -0.1) is 0 Å². The van der Waals surface area contributed by atoms with Gasteiger partial charge in [0, 0.05) is 84.5 Å². The monoisotopic (exact) mass is 1180 g/mol. The molecule has 460 valence electrons. The van der Waals surface area contributed by atoms with Crippen LogP contribution in [-0.4, -0.2) is 134 Å². The molecule has 17 heteroatoms. The van der Waals surface area contributed by atoms with Gasteiger partial charge >= 0.3 is 0 Å². The van der Waals surface area contributed by atoms with Crippen LogP contribution in [0.25, 0.3) is 0 Å². The maximum absolute atomic E-state index is 14.0. The van der Waals surface area contributed by atoms with E-state index in [2.05, 4.69) is 24.1 Å². The van der Waals surface area contributed by atoms with E-state index in [0.717, 1.165) is 34.4 Å². The van der Waals surface area contributed by atoms with Gasteiger partial charge in [0.2, 0.25) is 11.8 Å². The zero-order valence-electron chi connectivity index (χ0n) is 50.4. The zero-order valence-corrected chi connectivity index (χ0v) is 50.4. The number of fused-ring (bicyclic) bond motifs is 9. The molecule has 0 spiro atoms. The highest BCUT2D eigenvalue weighted by Gasteiger charge is 2.76. The number of rotatable bonds is 30. The third kappa shape index (κ3) is 14.1. The molecule has 86 heavy (non-hydrogen) atoms. The Morgan fingerprint density at radius 3 is 2.16 bits per heavy atom. The standard InChI is InChI=1S/C69H84N2O15/c1-44(2)56(39-54(75)27-30-82-32-34-84-36-35-83-33-31-81-29-10-14-52(73)23-25-63(79)71-42-50-13-7-6-11-47(50)20-21-48-12-8-9-15-58(48)71)65(80)70-45(3)59(76)37-46-16-18-49(19-17-46)66-85-62-40-57-55-24-22-51-38-53(74)26-28-67(51,4)64(55)60(77)41-68(57,5)69(62,86-66)61(78)43-72/h6-9,11-13,15-19,26,28,38,44-45,55-57,60,62,64,66,72,77H,10,14,22-25,27,29-37,39-43H2,1-5H3,(H,70,80)/t45-,55+,56-,57+,60+,62-,64-,66-,67+,68+,69-/m0/s1. The van der Waals surface area contributed by atoms with Crippen molar-refractivity contribution < 1.29 is 72.2 Å². The maximum atomic E-state index is 14.0. The highest BCUT2D eigenvalue weighted by molar-refractivity contribution is 6.01. The van der Waals surface area contributed by atoms with Crippen molar-refractivity contribution in [3.05, 3.63) is 124 Å². The van der Waals surface area contributed by atoms with Crippen LogP contribution in [0.15, 0.2) is 96.6 Å². The number of aliphatic hydroxyl groups excluding tert-OH is 2. The fourth-order valence-corrected chi connectivity index (χ4v) is 14.4. The summed E-state index contributed by atoms with van der Waals surface area (Å²) in [6, 6.07) is 21.7. The molecule has 0 aromatic heterocycles. The van der Waals surface area contributed by atoms with E-state index in [1.165, 1.54) is 0 Å². The molecule has 17 nitrogen and oxygen atoms in total. The zero-order chi connectivity index (χ0) is 61.2. The molecule has 4 aliphatic carbocycles. The number of allylic oxidation sites excluding steroid dienone is 4. The second-order valence-corrected chi connectivity index (χ2v) is 24.8. The molecule has 3 aromatic rings. The van der Waals surface area contributed by atoms with E-state index in [4.69, 9.17) is 28.4 Å². The summed E-state index contributed by atoms with van der Waals surface area (Å²) in [6.45, 7) is 11.7. The Hall–Kier alpha value is -6.33. The number of Topliss-reactive ketones (excluding diaryl/α,β-unsaturated/α-hetero) is 4. The van der Waals surface area contributed by atoms with Crippen molar-refractivity contribution >= 4 is 46.4 Å². The van der Waals surface area contributed by atoms with Gasteiger partial charge < -0.3 is 48.9 Å². The fourth-order valence-electron chi connectivity index (χ4n) is 14.4. The van der Waals surface area contributed by atoms with E-state index in [-0.39, 0.29) is 110 Å². The molecule has 1 saturated heterocycles. The SMILES string of the molecule is CC(C)[C@H](CC(=O)CCOCCOCCOCCOCCCC(=O)CCC(=O)N1Cc2ccccc2C#Cc2ccccc21)C(=O)N[C@@H](C)C(=O)Cc1ccc([C@H]2O[C@H]3C[C@@H]4[C@H]5CCC6=CC(=O)C=C[C@@]6(C)[C@@H]5[C@H](O)C[C@@]4(C)[C@@]3(C(=O)CO)O2)cc1. The van der Waals surface area contributed by atoms with Gasteiger partial charge in [-0.1, -0.05) is 106 Å². The van der Waals surface area contributed by atoms with Crippen LogP contribution in [0.5, 0.6) is 0 Å². The number of carbonyl (C=O) groups excluding carboxylic acids is 7. The number of anilines is 1. The molecule has 2 amide bonds. The number of para-hydroxylation sites is 1. The number of ether oxygens (including phenoxy) is 6. The van der Waals surface area contributed by atoms with Gasteiger partial charge in [-0.25, -0.2) is 0 Å². The molecule has 0 unspecified atom stereocenters. The van der Waals surface area contributed by atoms with E-state index < -0.39 is 59.3 Å². The molecule has 4 fully saturated rings. The first-order valence-corrected chi connectivity index (χ1v) is 30.7. The second-order valence-electron chi connectivity index (χ2n) is 24.8. The summed E-state index contributed by atoms with van der Waals surface area (Å²) >= 11 is 0. The molecule has 9 rings (SSSR count). The summed E-state index contributed by atoms with van der Waals surface area (Å²) in [5.41, 5.74) is 2.93. The number of benzene rings is 3. The number of nitrogens with zero attached hydrogens (tertiary/aromatic N) is 1. The highest BCUT2D eigenvalue weighted by Crippen LogP contribution is 2.70. The predicted octanol–water partition coefficient (Wildman–Crippen LogP) is 7.67. The Bertz CT molecular complexity index is 3100. The van der Waals surface area contributed by atoms with Crippen molar-refractivity contribution in [3.8, 4) is 11.8 Å². The van der Waals surface area contributed by atoms with Crippen LogP contribution in [0, 0.1) is 52.3 Å². The average Bonchev–Trinajstić information content (AvgIpc) is 1.48. The number of aliphatic hydroxyl groups is 2. The third-order valence-electron chi connectivity index (χ3n) is 19.0. The van der Waals surface area contributed by atoms with Gasteiger partial charge in [0.25, 0.3) is 0 Å². The first kappa shape index (κ1) is 64.2. The average molecular weight is 1180 g/mol. The van der Waals surface area contributed by atoms with Crippen LogP contribution in [-0.2, 0) is 74.9 Å². The predicted molar refractivity (Wildman–Crippen MR) is 319 cm³/mol. The molecule has 0 radical (unpaired) electrons. The van der Waals surface area contributed by atoms with Crippen molar-refractivity contribution in [2.24, 2.45) is 40.4 Å². The van der Waals surface area contributed by atoms with Crippen molar-refractivity contribution in [3.63, 3.8) is 0 Å². The summed E-state index contributed by atoms with van der Waals surface area (Å²) in [5, 5.41) is 25.2. The van der Waals surface area contributed by atoms with Gasteiger partial charge in [0.05, 0.1) is 76.7 Å². The van der Waals surface area contributed by atoms with E-state index in [0.29, 0.717) is 83.0 Å². The summed E-state index contributed by atoms with van der Waals surface area (Å²) in [4.78, 5) is 94.2. The topological polar surface area (TPSA) is 231 Å². The van der Waals surface area contributed by atoms with Crippen LogP contribution >= 0.6 is 0 Å². The van der Waals surface area contributed by atoms with E-state index in [1.54, 1.807) is 48.2 Å². The molecule has 6 aliphatic rings. The molecule has 2 aliphatic heterocycles. The minimum atomic E-state index is -1.49. The van der Waals surface area contributed by atoms with Gasteiger partial charge in [-0.05, 0) is 98.3 Å². The molecule has 0 bridgehead atoms. The number of ketones is 5. The van der Waals surface area contributed by atoms with Crippen LogP contribution in [0.4, 0.5) is 5.69 Å². The van der Waals surface area contributed by atoms with Gasteiger partial charge in [-0.2, -0.15) is 0 Å². The Kier molecular flexibility index (Phi) is 21.4. The highest BCUT2D eigenvalue weighted by atomic mass is 16.7.